The van der Waals surface area contributed by atoms with Crippen LogP contribution in [-0.2, 0) is 0 Å². The molecular formula is C20H36N2S4. The maximum Gasteiger partial charge on any atom is 0.129 e. The van der Waals surface area contributed by atoms with Crippen molar-refractivity contribution in [2.24, 2.45) is 0 Å². The molecule has 0 aliphatic carbocycles. The van der Waals surface area contributed by atoms with Gasteiger partial charge in [0, 0.05) is 11.5 Å². The van der Waals surface area contributed by atoms with E-state index in [4.69, 9.17) is 0 Å². The highest BCUT2D eigenvalue weighted by atomic mass is 33.1. The third-order valence-electron chi connectivity index (χ3n) is 4.07. The molecule has 0 atom stereocenters. The van der Waals surface area contributed by atoms with Crippen molar-refractivity contribution in [3.63, 3.8) is 0 Å². The molecule has 0 saturated carbocycles. The van der Waals surface area contributed by atoms with Gasteiger partial charge in [0.1, 0.15) is 10.1 Å². The van der Waals surface area contributed by atoms with Crippen LogP contribution >= 0.6 is 43.2 Å². The average molecular weight is 433 g/mol. The molecule has 1 aromatic rings. The number of aromatic nitrogens is 2. The zero-order valence-electron chi connectivity index (χ0n) is 16.6. The van der Waals surface area contributed by atoms with Crippen molar-refractivity contribution in [2.45, 2.75) is 101 Å². The molecule has 6 heteroatoms. The SMILES string of the molecule is CCCCCCCCSSc1ccc(SSCCCCCCCC)nn1. The van der Waals surface area contributed by atoms with E-state index in [-0.39, 0.29) is 0 Å². The third-order valence-corrected chi connectivity index (χ3v) is 8.72. The first-order valence-electron chi connectivity index (χ1n) is 10.3. The van der Waals surface area contributed by atoms with Gasteiger partial charge >= 0.3 is 0 Å². The molecule has 0 bridgehead atoms. The Kier molecular flexibility index (Phi) is 17.8. The first-order valence-corrected chi connectivity index (χ1v) is 14.9. The first-order chi connectivity index (χ1) is 12.9. The molecule has 0 aromatic carbocycles. The fraction of sp³-hybridized carbons (Fsp3) is 0.800. The summed E-state index contributed by atoms with van der Waals surface area (Å²) < 4.78 is 0. The van der Waals surface area contributed by atoms with Crippen LogP contribution in [0.4, 0.5) is 0 Å². The van der Waals surface area contributed by atoms with E-state index in [1.165, 1.54) is 88.6 Å². The fourth-order valence-corrected chi connectivity index (χ4v) is 6.40. The summed E-state index contributed by atoms with van der Waals surface area (Å²) in [5.41, 5.74) is 0. The molecule has 0 radical (unpaired) electrons. The summed E-state index contributed by atoms with van der Waals surface area (Å²) in [5.74, 6) is 2.42. The van der Waals surface area contributed by atoms with E-state index in [2.05, 4.69) is 36.2 Å². The smallest absolute Gasteiger partial charge is 0.129 e. The van der Waals surface area contributed by atoms with Crippen molar-refractivity contribution in [3.8, 4) is 0 Å². The maximum atomic E-state index is 4.34. The Morgan fingerprint density at radius 3 is 1.35 bits per heavy atom. The van der Waals surface area contributed by atoms with Gasteiger partial charge in [0.2, 0.25) is 0 Å². The number of hydrogen-bond acceptors (Lipinski definition) is 6. The van der Waals surface area contributed by atoms with Gasteiger partial charge in [0.05, 0.1) is 0 Å². The van der Waals surface area contributed by atoms with Crippen molar-refractivity contribution < 1.29 is 0 Å². The Labute approximate surface area is 177 Å². The highest BCUT2D eigenvalue weighted by Crippen LogP contribution is 2.33. The van der Waals surface area contributed by atoms with Crippen molar-refractivity contribution in [1.82, 2.24) is 10.2 Å². The Hall–Kier alpha value is 0.480. The van der Waals surface area contributed by atoms with E-state index >= 15 is 0 Å². The minimum atomic E-state index is 1.03. The monoisotopic (exact) mass is 432 g/mol. The van der Waals surface area contributed by atoms with Crippen molar-refractivity contribution in [2.75, 3.05) is 11.5 Å². The lowest BCUT2D eigenvalue weighted by Gasteiger charge is -2.03. The van der Waals surface area contributed by atoms with Crippen LogP contribution in [0.5, 0.6) is 0 Å². The largest absolute Gasteiger partial charge is 0.142 e. The van der Waals surface area contributed by atoms with Gasteiger partial charge in [0.15, 0.2) is 0 Å². The first kappa shape index (κ1) is 24.5. The van der Waals surface area contributed by atoms with Crippen LogP contribution in [0.2, 0.25) is 0 Å². The summed E-state index contributed by atoms with van der Waals surface area (Å²) in [6.07, 6.45) is 16.4. The minimum Gasteiger partial charge on any atom is -0.142 e. The summed E-state index contributed by atoms with van der Waals surface area (Å²) >= 11 is 0. The Balaban J connectivity index is 1.98. The van der Waals surface area contributed by atoms with Crippen LogP contribution in [0.15, 0.2) is 22.2 Å². The molecular weight excluding hydrogens is 397 g/mol. The fourth-order valence-electron chi connectivity index (χ4n) is 2.48. The van der Waals surface area contributed by atoms with Crippen molar-refractivity contribution >= 4 is 43.2 Å². The second kappa shape index (κ2) is 18.8. The standard InChI is InChI=1S/C20H36N2S4/c1-3-5-7-9-11-13-17-23-25-19-15-16-20(22-21-19)26-24-18-14-12-10-8-6-4-2/h15-16H,3-14,17-18H2,1-2H3. The molecule has 0 aliphatic heterocycles. The maximum absolute atomic E-state index is 4.34. The van der Waals surface area contributed by atoms with E-state index in [1.54, 1.807) is 21.6 Å². The molecule has 0 fully saturated rings. The summed E-state index contributed by atoms with van der Waals surface area (Å²) in [5, 5.41) is 10.8. The van der Waals surface area contributed by atoms with Gasteiger partial charge in [-0.15, -0.1) is 10.2 Å². The van der Waals surface area contributed by atoms with E-state index in [9.17, 15) is 0 Å². The molecule has 0 N–H and O–H groups in total. The lowest BCUT2D eigenvalue weighted by molar-refractivity contribution is 0.627. The molecule has 150 valence electrons. The molecule has 1 rings (SSSR count). The van der Waals surface area contributed by atoms with Crippen LogP contribution < -0.4 is 0 Å². The number of unbranched alkanes of at least 4 members (excludes halogenated alkanes) is 10. The van der Waals surface area contributed by atoms with Crippen LogP contribution in [0, 0.1) is 0 Å². The quantitative estimate of drug-likeness (QED) is 0.170. The molecule has 0 aliphatic rings. The summed E-state index contributed by atoms with van der Waals surface area (Å²) in [6.45, 7) is 4.54. The second-order valence-electron chi connectivity index (χ2n) is 6.56. The van der Waals surface area contributed by atoms with Gasteiger partial charge in [-0.05, 0) is 46.6 Å². The number of nitrogens with zero attached hydrogens (tertiary/aromatic N) is 2. The van der Waals surface area contributed by atoms with Gasteiger partial charge in [-0.3, -0.25) is 0 Å². The van der Waals surface area contributed by atoms with E-state index in [1.807, 2.05) is 21.6 Å². The number of hydrogen-bond donors (Lipinski definition) is 0. The predicted molar refractivity (Wildman–Crippen MR) is 125 cm³/mol. The Morgan fingerprint density at radius 2 is 0.962 bits per heavy atom. The van der Waals surface area contributed by atoms with Gasteiger partial charge in [0.25, 0.3) is 0 Å². The molecule has 0 amide bonds. The van der Waals surface area contributed by atoms with E-state index in [0.29, 0.717) is 0 Å². The average Bonchev–Trinajstić information content (AvgIpc) is 2.67. The lowest BCUT2D eigenvalue weighted by atomic mass is 10.1. The van der Waals surface area contributed by atoms with Gasteiger partial charge < -0.3 is 0 Å². The Morgan fingerprint density at radius 1 is 0.577 bits per heavy atom. The molecule has 26 heavy (non-hydrogen) atoms. The Bertz CT molecular complexity index is 376. The van der Waals surface area contributed by atoms with E-state index in [0.717, 1.165) is 10.1 Å². The van der Waals surface area contributed by atoms with Crippen LogP contribution in [0.25, 0.3) is 0 Å². The zero-order valence-corrected chi connectivity index (χ0v) is 19.8. The van der Waals surface area contributed by atoms with E-state index < -0.39 is 0 Å². The third kappa shape index (κ3) is 14.5. The lowest BCUT2D eigenvalue weighted by Crippen LogP contribution is -1.86. The second-order valence-corrected chi connectivity index (χ2v) is 11.4. The topological polar surface area (TPSA) is 25.8 Å². The highest BCUT2D eigenvalue weighted by Gasteiger charge is 2.01. The molecule has 0 unspecified atom stereocenters. The van der Waals surface area contributed by atoms with Gasteiger partial charge in [-0.1, -0.05) is 99.6 Å². The predicted octanol–water partition coefficient (Wildman–Crippen LogP) is 8.68. The summed E-state index contributed by atoms with van der Waals surface area (Å²) in [4.78, 5) is 0. The molecule has 1 aromatic heterocycles. The highest BCUT2D eigenvalue weighted by molar-refractivity contribution is 8.77. The molecule has 1 heterocycles. The van der Waals surface area contributed by atoms with Gasteiger partial charge in [-0.25, -0.2) is 0 Å². The summed E-state index contributed by atoms with van der Waals surface area (Å²) in [7, 11) is 7.35. The molecule has 2 nitrogen and oxygen atoms in total. The van der Waals surface area contributed by atoms with Crippen molar-refractivity contribution in [1.29, 1.82) is 0 Å². The minimum absolute atomic E-state index is 1.03. The molecule has 0 saturated heterocycles. The van der Waals surface area contributed by atoms with Crippen LogP contribution in [0.1, 0.15) is 90.9 Å². The van der Waals surface area contributed by atoms with Crippen LogP contribution in [0.3, 0.4) is 0 Å². The zero-order chi connectivity index (χ0) is 18.7. The summed E-state index contributed by atoms with van der Waals surface area (Å²) in [6, 6.07) is 4.22. The number of rotatable bonds is 18. The normalized spacial score (nSPS) is 11.2. The molecule has 0 spiro atoms. The van der Waals surface area contributed by atoms with Crippen LogP contribution in [-0.4, -0.2) is 21.7 Å². The van der Waals surface area contributed by atoms with Crippen molar-refractivity contribution in [3.05, 3.63) is 12.1 Å². The van der Waals surface area contributed by atoms with Gasteiger partial charge in [-0.2, -0.15) is 0 Å².